The second-order valence-corrected chi connectivity index (χ2v) is 5.49. The largest absolute Gasteiger partial charge is 0.356 e. The number of rotatable bonds is 7. The first kappa shape index (κ1) is 14.9. The van der Waals surface area contributed by atoms with Crippen LogP contribution in [-0.2, 0) is 6.54 Å². The van der Waals surface area contributed by atoms with Gasteiger partial charge >= 0.3 is 0 Å². The molecule has 112 valence electrons. The van der Waals surface area contributed by atoms with E-state index in [0.717, 1.165) is 31.5 Å². The number of aromatic nitrogens is 2. The second-order valence-electron chi connectivity index (χ2n) is 5.49. The summed E-state index contributed by atoms with van der Waals surface area (Å²) < 4.78 is 1.92. The number of hydrogen-bond acceptors (Lipinski definition) is 2. The van der Waals surface area contributed by atoms with E-state index in [1.165, 1.54) is 38.5 Å². The highest BCUT2D eigenvalue weighted by Gasteiger charge is 2.13. The molecule has 5 heteroatoms. The fraction of sp³-hybridized carbons (Fsp3) is 0.733. The maximum absolute atomic E-state index is 4.24. The summed E-state index contributed by atoms with van der Waals surface area (Å²) in [5.74, 6) is 1.87. The van der Waals surface area contributed by atoms with Gasteiger partial charge in [0, 0.05) is 32.5 Å². The summed E-state index contributed by atoms with van der Waals surface area (Å²) in [5.41, 5.74) is 0. The Morgan fingerprint density at radius 1 is 1.30 bits per heavy atom. The Kier molecular flexibility index (Phi) is 6.41. The molecule has 1 aromatic rings. The van der Waals surface area contributed by atoms with Crippen molar-refractivity contribution in [2.45, 2.75) is 45.1 Å². The summed E-state index contributed by atoms with van der Waals surface area (Å²) in [6, 6.07) is 1.94. The first-order chi connectivity index (χ1) is 9.88. The van der Waals surface area contributed by atoms with Crippen molar-refractivity contribution < 1.29 is 0 Å². The summed E-state index contributed by atoms with van der Waals surface area (Å²) in [6.45, 7) is 2.71. The first-order valence-corrected chi connectivity index (χ1v) is 7.80. The van der Waals surface area contributed by atoms with E-state index in [0.29, 0.717) is 0 Å². The Balaban J connectivity index is 1.53. The molecule has 1 aliphatic carbocycles. The van der Waals surface area contributed by atoms with Crippen molar-refractivity contribution in [3.05, 3.63) is 18.5 Å². The van der Waals surface area contributed by atoms with Crippen molar-refractivity contribution in [2.24, 2.45) is 10.9 Å². The van der Waals surface area contributed by atoms with Crippen LogP contribution in [0, 0.1) is 5.92 Å². The van der Waals surface area contributed by atoms with Crippen LogP contribution in [0.25, 0.3) is 0 Å². The van der Waals surface area contributed by atoms with Crippen molar-refractivity contribution in [3.63, 3.8) is 0 Å². The average Bonchev–Trinajstić information content (AvgIpc) is 3.14. The standard InChI is InChI=1S/C15H27N5/c1-16-15(18-11-13-20-12-5-10-19-20)17-9-4-8-14-6-2-3-7-14/h5,10,12,14H,2-4,6-9,11,13H2,1H3,(H2,16,17,18). The van der Waals surface area contributed by atoms with E-state index in [1.54, 1.807) is 6.20 Å². The molecule has 2 rings (SSSR count). The van der Waals surface area contributed by atoms with Gasteiger partial charge in [-0.2, -0.15) is 5.10 Å². The van der Waals surface area contributed by atoms with Crippen LogP contribution in [0.1, 0.15) is 38.5 Å². The minimum Gasteiger partial charge on any atom is -0.356 e. The van der Waals surface area contributed by atoms with Crippen LogP contribution < -0.4 is 10.6 Å². The van der Waals surface area contributed by atoms with E-state index in [-0.39, 0.29) is 0 Å². The predicted octanol–water partition coefficient (Wildman–Crippen LogP) is 2.02. The Bertz CT molecular complexity index is 379. The van der Waals surface area contributed by atoms with Crippen LogP contribution >= 0.6 is 0 Å². The molecule has 0 aromatic carbocycles. The van der Waals surface area contributed by atoms with Gasteiger partial charge in [-0.1, -0.05) is 25.7 Å². The molecule has 2 N–H and O–H groups in total. The molecular formula is C15H27N5. The lowest BCUT2D eigenvalue weighted by atomic mass is 10.0. The van der Waals surface area contributed by atoms with Gasteiger partial charge in [0.2, 0.25) is 0 Å². The third-order valence-electron chi connectivity index (χ3n) is 3.97. The first-order valence-electron chi connectivity index (χ1n) is 7.80. The predicted molar refractivity (Wildman–Crippen MR) is 82.8 cm³/mol. The zero-order chi connectivity index (χ0) is 14.0. The molecule has 1 aliphatic rings. The maximum atomic E-state index is 4.24. The topological polar surface area (TPSA) is 54.2 Å². The Labute approximate surface area is 121 Å². The third kappa shape index (κ3) is 5.23. The monoisotopic (exact) mass is 277 g/mol. The lowest BCUT2D eigenvalue weighted by Crippen LogP contribution is -2.39. The molecule has 1 heterocycles. The molecule has 0 bridgehead atoms. The number of aliphatic imine (C=N–C) groups is 1. The molecular weight excluding hydrogens is 250 g/mol. The molecule has 1 aromatic heterocycles. The van der Waals surface area contributed by atoms with E-state index in [4.69, 9.17) is 0 Å². The van der Waals surface area contributed by atoms with Crippen molar-refractivity contribution in [1.82, 2.24) is 20.4 Å². The van der Waals surface area contributed by atoms with Gasteiger partial charge in [0.25, 0.3) is 0 Å². The van der Waals surface area contributed by atoms with Crippen LogP contribution in [0.4, 0.5) is 0 Å². The van der Waals surface area contributed by atoms with Gasteiger partial charge < -0.3 is 10.6 Å². The van der Waals surface area contributed by atoms with Crippen LogP contribution in [0.15, 0.2) is 23.5 Å². The third-order valence-corrected chi connectivity index (χ3v) is 3.97. The highest BCUT2D eigenvalue weighted by Crippen LogP contribution is 2.28. The van der Waals surface area contributed by atoms with Gasteiger partial charge in [0.15, 0.2) is 5.96 Å². The smallest absolute Gasteiger partial charge is 0.191 e. The Hall–Kier alpha value is -1.52. The van der Waals surface area contributed by atoms with E-state index in [9.17, 15) is 0 Å². The highest BCUT2D eigenvalue weighted by atomic mass is 15.3. The zero-order valence-corrected chi connectivity index (χ0v) is 12.5. The molecule has 1 fully saturated rings. The molecule has 0 radical (unpaired) electrons. The van der Waals surface area contributed by atoms with Crippen LogP contribution in [0.2, 0.25) is 0 Å². The Morgan fingerprint density at radius 2 is 2.10 bits per heavy atom. The lowest BCUT2D eigenvalue weighted by molar-refractivity contribution is 0.481. The van der Waals surface area contributed by atoms with Gasteiger partial charge in [0.05, 0.1) is 6.54 Å². The molecule has 0 atom stereocenters. The van der Waals surface area contributed by atoms with Crippen molar-refractivity contribution in [3.8, 4) is 0 Å². The molecule has 0 aliphatic heterocycles. The lowest BCUT2D eigenvalue weighted by Gasteiger charge is -2.13. The van der Waals surface area contributed by atoms with Crippen molar-refractivity contribution in [2.75, 3.05) is 20.1 Å². The van der Waals surface area contributed by atoms with E-state index in [1.807, 2.05) is 24.0 Å². The average molecular weight is 277 g/mol. The minimum atomic E-state index is 0.837. The number of nitrogens with zero attached hydrogens (tertiary/aromatic N) is 3. The molecule has 5 nitrogen and oxygen atoms in total. The summed E-state index contributed by atoms with van der Waals surface area (Å²) in [7, 11) is 1.82. The summed E-state index contributed by atoms with van der Waals surface area (Å²) in [5, 5.41) is 10.9. The summed E-state index contributed by atoms with van der Waals surface area (Å²) >= 11 is 0. The summed E-state index contributed by atoms with van der Waals surface area (Å²) in [4.78, 5) is 4.24. The number of guanidine groups is 1. The molecule has 1 saturated carbocycles. The fourth-order valence-corrected chi connectivity index (χ4v) is 2.84. The minimum absolute atomic E-state index is 0.837. The number of nitrogens with one attached hydrogen (secondary N) is 2. The molecule has 0 amide bonds. The number of hydrogen-bond donors (Lipinski definition) is 2. The van der Waals surface area contributed by atoms with Gasteiger partial charge in [-0.3, -0.25) is 9.67 Å². The highest BCUT2D eigenvalue weighted by molar-refractivity contribution is 5.79. The van der Waals surface area contributed by atoms with E-state index < -0.39 is 0 Å². The SMILES string of the molecule is CN=C(NCCCC1CCCC1)NCCn1cccn1. The Morgan fingerprint density at radius 3 is 2.80 bits per heavy atom. The van der Waals surface area contributed by atoms with Crippen molar-refractivity contribution >= 4 is 5.96 Å². The van der Waals surface area contributed by atoms with Crippen LogP contribution in [0.3, 0.4) is 0 Å². The molecule has 0 saturated heterocycles. The summed E-state index contributed by atoms with van der Waals surface area (Å²) in [6.07, 6.45) is 12.1. The molecule has 0 unspecified atom stereocenters. The zero-order valence-electron chi connectivity index (χ0n) is 12.5. The normalized spacial score (nSPS) is 16.6. The van der Waals surface area contributed by atoms with Gasteiger partial charge in [-0.15, -0.1) is 0 Å². The fourth-order valence-electron chi connectivity index (χ4n) is 2.84. The van der Waals surface area contributed by atoms with Crippen molar-refractivity contribution in [1.29, 1.82) is 0 Å². The van der Waals surface area contributed by atoms with Gasteiger partial charge in [-0.05, 0) is 24.8 Å². The van der Waals surface area contributed by atoms with Gasteiger partial charge in [0.1, 0.15) is 0 Å². The van der Waals surface area contributed by atoms with E-state index >= 15 is 0 Å². The quantitative estimate of drug-likeness (QED) is 0.455. The second kappa shape index (κ2) is 8.61. The molecule has 20 heavy (non-hydrogen) atoms. The maximum Gasteiger partial charge on any atom is 0.191 e. The van der Waals surface area contributed by atoms with E-state index in [2.05, 4.69) is 20.7 Å². The van der Waals surface area contributed by atoms with Crippen LogP contribution in [-0.4, -0.2) is 35.9 Å². The van der Waals surface area contributed by atoms with Gasteiger partial charge in [-0.25, -0.2) is 0 Å². The molecule has 0 spiro atoms. The van der Waals surface area contributed by atoms with Crippen LogP contribution in [0.5, 0.6) is 0 Å².